The maximum Gasteiger partial charge on any atom is 0.345 e. The molecule has 0 atom stereocenters. The minimum atomic E-state index is -0.814. The van der Waals surface area contributed by atoms with Gasteiger partial charge in [-0.15, -0.1) is 11.3 Å². The molecule has 0 bridgehead atoms. The average molecular weight is 253 g/mol. The Morgan fingerprint density at radius 3 is 2.76 bits per heavy atom. The molecule has 1 N–H and O–H groups in total. The third-order valence-corrected chi connectivity index (χ3v) is 4.46. The summed E-state index contributed by atoms with van der Waals surface area (Å²) in [6.07, 6.45) is 1.22. The van der Waals surface area contributed by atoms with Gasteiger partial charge in [0.1, 0.15) is 4.88 Å². The molecule has 0 amide bonds. The molecule has 1 saturated heterocycles. The highest BCUT2D eigenvalue weighted by molar-refractivity contribution is 7.14. The molecule has 17 heavy (non-hydrogen) atoms. The van der Waals surface area contributed by atoms with Crippen LogP contribution in [0.2, 0.25) is 0 Å². The number of nitrogens with zero attached hydrogens (tertiary/aromatic N) is 1. The molecule has 94 valence electrons. The molecule has 1 fully saturated rings. The molecule has 0 aromatic carbocycles. The van der Waals surface area contributed by atoms with Crippen LogP contribution < -0.4 is 0 Å². The fourth-order valence-corrected chi connectivity index (χ4v) is 3.26. The maximum absolute atomic E-state index is 10.9. The Hall–Kier alpha value is -0.870. The number of carboxylic acid groups (broad SMARTS) is 1. The van der Waals surface area contributed by atoms with Crippen LogP contribution in [0.5, 0.6) is 0 Å². The summed E-state index contributed by atoms with van der Waals surface area (Å²) in [6.45, 7) is 9.69. The molecule has 0 saturated carbocycles. The lowest BCUT2D eigenvalue weighted by Crippen LogP contribution is -2.22. The highest BCUT2D eigenvalue weighted by atomic mass is 32.1. The first-order valence-corrected chi connectivity index (χ1v) is 6.74. The third kappa shape index (κ3) is 2.87. The van der Waals surface area contributed by atoms with Crippen LogP contribution in [-0.4, -0.2) is 29.1 Å². The summed E-state index contributed by atoms with van der Waals surface area (Å²) in [5, 5.41) is 8.96. The van der Waals surface area contributed by atoms with Gasteiger partial charge < -0.3 is 5.11 Å². The molecule has 3 nitrogen and oxygen atoms in total. The number of hydrogen-bond acceptors (Lipinski definition) is 3. The van der Waals surface area contributed by atoms with Gasteiger partial charge in [-0.2, -0.15) is 0 Å². The molecule has 0 aliphatic carbocycles. The average Bonchev–Trinajstić information content (AvgIpc) is 2.72. The number of hydrogen-bond donors (Lipinski definition) is 1. The van der Waals surface area contributed by atoms with Gasteiger partial charge in [0.05, 0.1) is 0 Å². The van der Waals surface area contributed by atoms with E-state index in [4.69, 9.17) is 5.11 Å². The number of carboxylic acids is 1. The lowest BCUT2D eigenvalue weighted by Gasteiger charge is -2.19. The van der Waals surface area contributed by atoms with Crippen molar-refractivity contribution in [1.82, 2.24) is 4.90 Å². The third-order valence-electron chi connectivity index (χ3n) is 3.38. The van der Waals surface area contributed by atoms with E-state index in [2.05, 4.69) is 18.7 Å². The Morgan fingerprint density at radius 2 is 2.29 bits per heavy atom. The summed E-state index contributed by atoms with van der Waals surface area (Å²) >= 11 is 1.38. The summed E-state index contributed by atoms with van der Waals surface area (Å²) in [6, 6.07) is 1.83. The zero-order valence-electron chi connectivity index (χ0n) is 10.6. The van der Waals surface area contributed by atoms with E-state index in [0.717, 1.165) is 24.5 Å². The van der Waals surface area contributed by atoms with E-state index in [1.165, 1.54) is 23.3 Å². The van der Waals surface area contributed by atoms with Crippen molar-refractivity contribution in [2.45, 2.75) is 33.7 Å². The van der Waals surface area contributed by atoms with Crippen molar-refractivity contribution in [2.24, 2.45) is 5.41 Å². The van der Waals surface area contributed by atoms with Crippen molar-refractivity contribution >= 4 is 17.3 Å². The van der Waals surface area contributed by atoms with Crippen LogP contribution in [0, 0.1) is 12.3 Å². The molecule has 4 heteroatoms. The van der Waals surface area contributed by atoms with Crippen LogP contribution in [0.25, 0.3) is 0 Å². The second-order valence-electron chi connectivity index (χ2n) is 5.62. The first-order chi connectivity index (χ1) is 7.87. The zero-order valence-corrected chi connectivity index (χ0v) is 11.4. The lowest BCUT2D eigenvalue weighted by molar-refractivity contribution is 0.0702. The lowest BCUT2D eigenvalue weighted by atomic mass is 9.93. The number of aromatic carboxylic acids is 1. The van der Waals surface area contributed by atoms with Crippen molar-refractivity contribution in [3.8, 4) is 0 Å². The van der Waals surface area contributed by atoms with Crippen LogP contribution in [0.1, 0.15) is 40.4 Å². The monoisotopic (exact) mass is 253 g/mol. The van der Waals surface area contributed by atoms with Crippen LogP contribution in [0.15, 0.2) is 6.07 Å². The minimum Gasteiger partial charge on any atom is -0.477 e. The molecule has 0 radical (unpaired) electrons. The number of aryl methyl sites for hydroxylation is 1. The first kappa shape index (κ1) is 12.6. The zero-order chi connectivity index (χ0) is 12.6. The molecule has 1 aromatic heterocycles. The SMILES string of the molecule is Cc1sc(C(=O)O)cc1CN1CCC(C)(C)C1. The van der Waals surface area contributed by atoms with E-state index >= 15 is 0 Å². The quantitative estimate of drug-likeness (QED) is 0.900. The van der Waals surface area contributed by atoms with Crippen molar-refractivity contribution in [3.05, 3.63) is 21.4 Å². The molecule has 2 rings (SSSR count). The van der Waals surface area contributed by atoms with Crippen molar-refractivity contribution < 1.29 is 9.90 Å². The van der Waals surface area contributed by atoms with Crippen LogP contribution >= 0.6 is 11.3 Å². The van der Waals surface area contributed by atoms with E-state index in [1.54, 1.807) is 0 Å². The van der Waals surface area contributed by atoms with E-state index < -0.39 is 5.97 Å². The Kier molecular flexibility index (Phi) is 3.27. The van der Waals surface area contributed by atoms with Gasteiger partial charge in [-0.3, -0.25) is 4.90 Å². The standard InChI is InChI=1S/C13H19NO2S/c1-9-10(6-11(17-9)12(15)16)7-14-5-4-13(2,3)8-14/h6H,4-5,7-8H2,1-3H3,(H,15,16). The van der Waals surface area contributed by atoms with Gasteiger partial charge in [0, 0.05) is 18.0 Å². The maximum atomic E-state index is 10.9. The fraction of sp³-hybridized carbons (Fsp3) is 0.615. The first-order valence-electron chi connectivity index (χ1n) is 5.92. The number of rotatable bonds is 3. The molecular weight excluding hydrogens is 234 g/mol. The van der Waals surface area contributed by atoms with Crippen LogP contribution in [-0.2, 0) is 6.54 Å². The Morgan fingerprint density at radius 1 is 1.59 bits per heavy atom. The Bertz CT molecular complexity index is 437. The van der Waals surface area contributed by atoms with Gasteiger partial charge in [0.25, 0.3) is 0 Å². The van der Waals surface area contributed by atoms with Crippen molar-refractivity contribution in [2.75, 3.05) is 13.1 Å². The number of thiophene rings is 1. The van der Waals surface area contributed by atoms with E-state index in [9.17, 15) is 4.79 Å². The number of carbonyl (C=O) groups is 1. The summed E-state index contributed by atoms with van der Waals surface area (Å²) in [5.41, 5.74) is 1.57. The fourth-order valence-electron chi connectivity index (χ4n) is 2.38. The van der Waals surface area contributed by atoms with Crippen LogP contribution in [0.3, 0.4) is 0 Å². The highest BCUT2D eigenvalue weighted by Crippen LogP contribution is 2.31. The molecule has 1 aromatic rings. The molecule has 1 aliphatic rings. The topological polar surface area (TPSA) is 40.5 Å². The van der Waals surface area contributed by atoms with Gasteiger partial charge in [-0.05, 0) is 36.9 Å². The molecule has 0 unspecified atom stereocenters. The van der Waals surface area contributed by atoms with Crippen molar-refractivity contribution in [1.29, 1.82) is 0 Å². The predicted octanol–water partition coefficient (Wildman–Crippen LogP) is 2.99. The number of likely N-dealkylation sites (tertiary alicyclic amines) is 1. The van der Waals surface area contributed by atoms with Crippen molar-refractivity contribution in [3.63, 3.8) is 0 Å². The van der Waals surface area contributed by atoms with E-state index in [0.29, 0.717) is 10.3 Å². The summed E-state index contributed by atoms with van der Waals surface area (Å²) in [7, 11) is 0. The normalized spacial score (nSPS) is 19.7. The van der Waals surface area contributed by atoms with E-state index in [1.807, 2.05) is 13.0 Å². The molecular formula is C13H19NO2S. The molecule has 0 spiro atoms. The second-order valence-corrected chi connectivity index (χ2v) is 6.88. The predicted molar refractivity (Wildman–Crippen MR) is 69.7 cm³/mol. The van der Waals surface area contributed by atoms with Gasteiger partial charge in [0.15, 0.2) is 0 Å². The summed E-state index contributed by atoms with van der Waals surface area (Å²) in [4.78, 5) is 14.9. The molecule has 2 heterocycles. The smallest absolute Gasteiger partial charge is 0.345 e. The van der Waals surface area contributed by atoms with Gasteiger partial charge in [-0.1, -0.05) is 13.8 Å². The van der Waals surface area contributed by atoms with Gasteiger partial charge >= 0.3 is 5.97 Å². The summed E-state index contributed by atoms with van der Waals surface area (Å²) < 4.78 is 0. The largest absolute Gasteiger partial charge is 0.477 e. The molecule has 1 aliphatic heterocycles. The van der Waals surface area contributed by atoms with E-state index in [-0.39, 0.29) is 0 Å². The Balaban J connectivity index is 2.07. The van der Waals surface area contributed by atoms with Crippen LogP contribution in [0.4, 0.5) is 0 Å². The second kappa shape index (κ2) is 4.42. The van der Waals surface area contributed by atoms with Gasteiger partial charge in [-0.25, -0.2) is 4.79 Å². The Labute approximate surface area is 106 Å². The van der Waals surface area contributed by atoms with Gasteiger partial charge in [0.2, 0.25) is 0 Å². The minimum absolute atomic E-state index is 0.402. The highest BCUT2D eigenvalue weighted by Gasteiger charge is 2.29. The summed E-state index contributed by atoms with van der Waals surface area (Å²) in [5.74, 6) is -0.814.